The highest BCUT2D eigenvalue weighted by Crippen LogP contribution is 2.35. The minimum Gasteiger partial charge on any atom is -0.308 e. The van der Waals surface area contributed by atoms with Crippen LogP contribution in [0, 0.1) is 0 Å². The van der Waals surface area contributed by atoms with Gasteiger partial charge in [-0.25, -0.2) is 9.97 Å². The summed E-state index contributed by atoms with van der Waals surface area (Å²) in [5.41, 5.74) is 7.09. The second kappa shape index (κ2) is 17.6. The van der Waals surface area contributed by atoms with Crippen molar-refractivity contribution in [3.8, 4) is 11.4 Å². The van der Waals surface area contributed by atoms with Gasteiger partial charge in [-0.2, -0.15) is 0 Å². The van der Waals surface area contributed by atoms with Gasteiger partial charge in [-0.3, -0.25) is 28.3 Å². The molecule has 2 amide bonds. The van der Waals surface area contributed by atoms with E-state index in [9.17, 15) is 19.2 Å². The number of aromatic nitrogens is 4. The largest absolute Gasteiger partial charge is 0.308 e. The molecule has 0 saturated heterocycles. The van der Waals surface area contributed by atoms with Crippen molar-refractivity contribution in [2.24, 2.45) is 0 Å². The molecule has 10 nitrogen and oxygen atoms in total. The second-order valence-corrected chi connectivity index (χ2v) is 16.5. The molecule has 0 fully saturated rings. The molecule has 0 atom stereocenters. The number of benzene rings is 4. The molecule has 0 aliphatic carbocycles. The number of carbonyl (C=O) groups is 2. The normalized spacial score (nSPS) is 12.3. The summed E-state index contributed by atoms with van der Waals surface area (Å²) in [4.78, 5) is 64.7. The van der Waals surface area contributed by atoms with Crippen LogP contribution >= 0.6 is 23.2 Å². The van der Waals surface area contributed by atoms with Gasteiger partial charge in [0.2, 0.25) is 11.8 Å². The van der Waals surface area contributed by atoms with Gasteiger partial charge >= 0.3 is 0 Å². The maximum absolute atomic E-state index is 13.6. The Balaban J connectivity index is 0.000000202. The van der Waals surface area contributed by atoms with Crippen LogP contribution in [-0.2, 0) is 9.59 Å². The monoisotopic (exact) mass is 842 g/mol. The number of anilines is 2. The molecular formula is C48H48Cl2N6O4. The van der Waals surface area contributed by atoms with Crippen LogP contribution in [0.25, 0.3) is 45.3 Å². The minimum absolute atomic E-state index is 0.0200. The molecule has 1 aliphatic heterocycles. The third-order valence-corrected chi connectivity index (χ3v) is 10.6. The third kappa shape index (κ3) is 8.48. The van der Waals surface area contributed by atoms with E-state index in [4.69, 9.17) is 33.2 Å². The lowest BCUT2D eigenvalue weighted by molar-refractivity contribution is -0.117. The molecule has 12 heteroatoms. The van der Waals surface area contributed by atoms with E-state index in [1.165, 1.54) is 6.92 Å². The number of hydrogen-bond donors (Lipinski definition) is 0. The number of rotatable bonds is 8. The van der Waals surface area contributed by atoms with Crippen LogP contribution in [0.15, 0.2) is 107 Å². The zero-order valence-electron chi connectivity index (χ0n) is 35.1. The first-order valence-corrected chi connectivity index (χ1v) is 20.4. The molecule has 0 saturated carbocycles. The number of hydrogen-bond acceptors (Lipinski definition) is 6. The van der Waals surface area contributed by atoms with Gasteiger partial charge in [0.15, 0.2) is 0 Å². The van der Waals surface area contributed by atoms with E-state index in [0.717, 1.165) is 28.1 Å². The van der Waals surface area contributed by atoms with Crippen molar-refractivity contribution in [1.29, 1.82) is 0 Å². The molecule has 308 valence electrons. The lowest BCUT2D eigenvalue weighted by Gasteiger charge is -2.28. The smallest absolute Gasteiger partial charge is 0.266 e. The van der Waals surface area contributed by atoms with Crippen LogP contribution in [0.5, 0.6) is 0 Å². The van der Waals surface area contributed by atoms with Gasteiger partial charge in [0.05, 0.1) is 44.6 Å². The molecule has 0 spiro atoms. The van der Waals surface area contributed by atoms with Crippen LogP contribution in [0.2, 0.25) is 10.0 Å². The Labute approximate surface area is 359 Å². The zero-order chi connectivity index (χ0) is 43.7. The number of fused-ring (bicyclic) bond motifs is 4. The summed E-state index contributed by atoms with van der Waals surface area (Å²) in [7, 11) is 0. The summed E-state index contributed by atoms with van der Waals surface area (Å²) in [6.45, 7) is 23.7. The highest BCUT2D eigenvalue weighted by atomic mass is 35.5. The van der Waals surface area contributed by atoms with E-state index in [-0.39, 0.29) is 34.8 Å². The summed E-state index contributed by atoms with van der Waals surface area (Å²) in [5.74, 6) is 1.14. The topological polar surface area (TPSA) is 110 Å². The first-order valence-electron chi connectivity index (χ1n) is 19.6. The summed E-state index contributed by atoms with van der Waals surface area (Å²) in [5, 5.41) is 2.19. The lowest BCUT2D eigenvalue weighted by Crippen LogP contribution is -2.33. The molecule has 7 rings (SSSR count). The van der Waals surface area contributed by atoms with E-state index in [1.54, 1.807) is 86.5 Å². The Kier molecular flexibility index (Phi) is 12.8. The summed E-state index contributed by atoms with van der Waals surface area (Å²) in [6.07, 6.45) is 3.68. The molecule has 0 unspecified atom stereocenters. The van der Waals surface area contributed by atoms with Crippen LogP contribution in [-0.4, -0.2) is 44.0 Å². The Hall–Kier alpha value is -6.10. The van der Waals surface area contributed by atoms with Crippen molar-refractivity contribution in [3.05, 3.63) is 151 Å². The molecule has 0 bridgehead atoms. The van der Waals surface area contributed by atoms with Gasteiger partial charge < -0.3 is 9.80 Å². The van der Waals surface area contributed by atoms with E-state index >= 15 is 0 Å². The molecule has 4 aromatic carbocycles. The fourth-order valence-corrected chi connectivity index (χ4v) is 7.62. The Morgan fingerprint density at radius 1 is 0.767 bits per heavy atom. The Morgan fingerprint density at radius 3 is 1.70 bits per heavy atom. The second-order valence-electron chi connectivity index (χ2n) is 15.6. The Morgan fingerprint density at radius 2 is 1.25 bits per heavy atom. The van der Waals surface area contributed by atoms with Crippen molar-refractivity contribution in [1.82, 2.24) is 19.1 Å². The zero-order valence-corrected chi connectivity index (χ0v) is 36.7. The van der Waals surface area contributed by atoms with Crippen LogP contribution in [0.4, 0.5) is 11.4 Å². The van der Waals surface area contributed by atoms with E-state index in [0.29, 0.717) is 73.5 Å². The molecule has 60 heavy (non-hydrogen) atoms. The fourth-order valence-electron chi connectivity index (χ4n) is 7.37. The maximum atomic E-state index is 13.6. The van der Waals surface area contributed by atoms with E-state index < -0.39 is 0 Å². The number of nitrogens with zero attached hydrogens (tertiary/aromatic N) is 6. The van der Waals surface area contributed by atoms with E-state index in [1.807, 2.05) is 65.8 Å². The molecule has 0 radical (unpaired) electrons. The van der Waals surface area contributed by atoms with Crippen molar-refractivity contribution in [3.63, 3.8) is 0 Å². The first kappa shape index (κ1) is 43.5. The maximum Gasteiger partial charge on any atom is 0.266 e. The number of halogens is 2. The van der Waals surface area contributed by atoms with Crippen molar-refractivity contribution < 1.29 is 9.59 Å². The van der Waals surface area contributed by atoms with Crippen LogP contribution in [0.1, 0.15) is 90.0 Å². The predicted molar refractivity (Wildman–Crippen MR) is 247 cm³/mol. The van der Waals surface area contributed by atoms with Crippen molar-refractivity contribution in [2.45, 2.75) is 67.2 Å². The summed E-state index contributed by atoms with van der Waals surface area (Å²) < 4.78 is 3.27. The standard InChI is InChI=1S/C25H26ClN3O2.C23H22ClN3O2/c1-7-20-22(28(17(6)30)14-15(2)3)13-12-21-23(20)27-24(16(4)5)29(25(21)31)19-10-8-18(26)9-11-19;1-13(2)22-25-21-18(23(29)27(22)17-7-5-16(24)6-8-17)9-10-20-19(21)11-14(3)12-26(20)15(4)28/h7-13,16H,1-2,14H2,3-6H3;5-11,13H,12H2,1-4H3. The molecular weight excluding hydrogens is 795 g/mol. The Bertz CT molecular complexity index is 2860. The molecule has 6 aromatic rings. The average Bonchev–Trinajstić information content (AvgIpc) is 3.19. The predicted octanol–water partition coefficient (Wildman–Crippen LogP) is 10.7. The quantitative estimate of drug-likeness (QED) is 0.141. The van der Waals surface area contributed by atoms with Gasteiger partial charge in [0.25, 0.3) is 11.1 Å². The minimum atomic E-state index is -0.181. The molecule has 1 aliphatic rings. The fraction of sp³-hybridized carbons (Fsp3) is 0.250. The highest BCUT2D eigenvalue weighted by molar-refractivity contribution is 6.30. The third-order valence-electron chi connectivity index (χ3n) is 10.1. The van der Waals surface area contributed by atoms with Crippen LogP contribution < -0.4 is 20.9 Å². The summed E-state index contributed by atoms with van der Waals surface area (Å²) in [6, 6.07) is 21.4. The summed E-state index contributed by atoms with van der Waals surface area (Å²) >= 11 is 12.1. The first-order chi connectivity index (χ1) is 28.4. The molecule has 0 N–H and O–H groups in total. The van der Waals surface area contributed by atoms with Crippen molar-refractivity contribution in [2.75, 3.05) is 22.9 Å². The number of amides is 2. The average molecular weight is 844 g/mol. The molecule has 2 aromatic heterocycles. The van der Waals surface area contributed by atoms with Gasteiger partial charge in [-0.05, 0) is 92.7 Å². The van der Waals surface area contributed by atoms with Gasteiger partial charge in [-0.1, -0.05) is 81.3 Å². The SMILES string of the molecule is C=Cc1c(N(CC(=C)C)C(C)=O)ccc2c(=O)n(-c3ccc(Cl)cc3)c(C(C)C)nc12.CC(=O)N1CC(C)=Cc2c1ccc1c(=O)n(-c3ccc(Cl)cc3)c(C(C)C)nc21. The van der Waals surface area contributed by atoms with Crippen LogP contribution in [0.3, 0.4) is 0 Å². The van der Waals surface area contributed by atoms with Gasteiger partial charge in [0, 0.05) is 59.9 Å². The lowest BCUT2D eigenvalue weighted by atomic mass is 9.99. The van der Waals surface area contributed by atoms with Gasteiger partial charge in [0.1, 0.15) is 11.6 Å². The molecule has 3 heterocycles. The van der Waals surface area contributed by atoms with Gasteiger partial charge in [-0.15, -0.1) is 0 Å². The van der Waals surface area contributed by atoms with E-state index in [2.05, 4.69) is 13.2 Å². The van der Waals surface area contributed by atoms with Crippen molar-refractivity contribution >= 4 is 80.3 Å². The number of carbonyl (C=O) groups excluding carboxylic acids is 2. The highest BCUT2D eigenvalue weighted by Gasteiger charge is 2.25.